The van der Waals surface area contributed by atoms with E-state index in [1.165, 1.54) is 0 Å². The summed E-state index contributed by atoms with van der Waals surface area (Å²) < 4.78 is 12.2. The fourth-order valence-electron chi connectivity index (χ4n) is 2.36. The number of carbonyl (C=O) groups is 4. The number of hydrogen-bond donors (Lipinski definition) is 4. The second-order valence-electron chi connectivity index (χ2n) is 6.51. The standard InChI is InChI=1S/2C4H8N2O3.2C4H9.Sn/c2*5-2(4(8)9)1-3(6)7;2*1-3-4-2;/h2*2H,1,5H2,(H2,6,7)(H,8,9);2*1,3-4H2,2H3;/q;;;;+2/p-2/t2*2-;;;/m00.../s1. The molecule has 0 aliphatic heterocycles. The van der Waals surface area contributed by atoms with Crippen molar-refractivity contribution in [3.63, 3.8) is 0 Å². The fourth-order valence-corrected chi connectivity index (χ4v) is 12.4. The molecule has 0 heterocycles. The maximum atomic E-state index is 12.4. The molecule has 0 aliphatic rings. The van der Waals surface area contributed by atoms with Crippen LogP contribution in [0.4, 0.5) is 0 Å². The van der Waals surface area contributed by atoms with Crippen LogP contribution in [0.5, 0.6) is 0 Å². The van der Waals surface area contributed by atoms with Crippen LogP contribution in [-0.2, 0) is 25.3 Å². The average Bonchev–Trinajstić information content (AvgIpc) is 2.56. The Hall–Kier alpha value is -1.40. The van der Waals surface area contributed by atoms with Crippen molar-refractivity contribution >= 4 is 43.0 Å². The molecule has 11 heteroatoms. The van der Waals surface area contributed by atoms with Crippen molar-refractivity contribution in [3.8, 4) is 0 Å². The van der Waals surface area contributed by atoms with Gasteiger partial charge in [0.15, 0.2) is 0 Å². The topological polar surface area (TPSA) is 191 Å². The molecule has 0 unspecified atom stereocenters. The molecule has 0 aromatic heterocycles. The van der Waals surface area contributed by atoms with Crippen LogP contribution in [0.1, 0.15) is 52.4 Å². The SMILES string of the molecule is CCC[CH2][Sn]([CH2]CCC)([O]C(=O)[C@@H](N)CC(N)=O)[O]C(=O)[C@@H](N)CC(N)=O. The van der Waals surface area contributed by atoms with Crippen molar-refractivity contribution in [2.24, 2.45) is 22.9 Å². The van der Waals surface area contributed by atoms with Gasteiger partial charge in [-0.1, -0.05) is 0 Å². The molecular weight excluding hydrogens is 463 g/mol. The molecule has 10 nitrogen and oxygen atoms in total. The van der Waals surface area contributed by atoms with Crippen molar-refractivity contribution in [3.05, 3.63) is 0 Å². The molecular formula is C16H32N4O6Sn. The van der Waals surface area contributed by atoms with Gasteiger partial charge in [0.2, 0.25) is 0 Å². The Balaban J connectivity index is 5.47. The Labute approximate surface area is 164 Å². The Kier molecular flexibility index (Phi) is 12.2. The van der Waals surface area contributed by atoms with Gasteiger partial charge in [-0.2, -0.15) is 0 Å². The van der Waals surface area contributed by atoms with Crippen LogP contribution in [0.15, 0.2) is 0 Å². The first-order chi connectivity index (χ1) is 12.6. The molecule has 2 atom stereocenters. The quantitative estimate of drug-likeness (QED) is 0.232. The van der Waals surface area contributed by atoms with Crippen molar-refractivity contribution in [2.75, 3.05) is 0 Å². The summed E-state index contributed by atoms with van der Waals surface area (Å²) in [6.45, 7) is 3.91. The van der Waals surface area contributed by atoms with E-state index in [0.717, 1.165) is 12.8 Å². The molecule has 156 valence electrons. The number of carbonyl (C=O) groups excluding carboxylic acids is 4. The van der Waals surface area contributed by atoms with E-state index in [-0.39, 0.29) is 12.8 Å². The summed E-state index contributed by atoms with van der Waals surface area (Å²) in [6.07, 6.45) is 2.27. The van der Waals surface area contributed by atoms with Crippen LogP contribution in [0.2, 0.25) is 8.87 Å². The molecule has 0 aromatic rings. The third-order valence-corrected chi connectivity index (χ3v) is 13.5. The molecule has 0 saturated heterocycles. The summed E-state index contributed by atoms with van der Waals surface area (Å²) in [6, 6.07) is -2.44. The monoisotopic (exact) mass is 496 g/mol. The summed E-state index contributed by atoms with van der Waals surface area (Å²) >= 11 is -4.26. The molecule has 0 aromatic carbocycles. The van der Waals surface area contributed by atoms with Crippen LogP contribution in [0.3, 0.4) is 0 Å². The van der Waals surface area contributed by atoms with E-state index in [9.17, 15) is 19.2 Å². The van der Waals surface area contributed by atoms with E-state index in [1.54, 1.807) is 0 Å². The Morgan fingerprint density at radius 1 is 0.778 bits per heavy atom. The van der Waals surface area contributed by atoms with Crippen LogP contribution in [0.25, 0.3) is 0 Å². The van der Waals surface area contributed by atoms with Crippen LogP contribution < -0.4 is 22.9 Å². The number of nitrogens with two attached hydrogens (primary N) is 4. The van der Waals surface area contributed by atoms with Gasteiger partial charge in [-0.25, -0.2) is 0 Å². The Morgan fingerprint density at radius 3 is 1.37 bits per heavy atom. The summed E-state index contributed by atoms with van der Waals surface area (Å²) in [7, 11) is 0. The Bertz CT molecular complexity index is 485. The molecule has 0 fully saturated rings. The number of amides is 2. The molecule has 0 bridgehead atoms. The molecule has 0 spiro atoms. The van der Waals surface area contributed by atoms with Crippen molar-refractivity contribution in [1.29, 1.82) is 0 Å². The normalized spacial score (nSPS) is 13.5. The number of unbranched alkanes of at least 4 members (excludes halogenated alkanes) is 2. The summed E-state index contributed by atoms with van der Waals surface area (Å²) in [5, 5.41) is 0. The van der Waals surface area contributed by atoms with Gasteiger partial charge >= 0.3 is 165 Å². The van der Waals surface area contributed by atoms with Crippen molar-refractivity contribution in [1.82, 2.24) is 0 Å². The first-order valence-electron chi connectivity index (χ1n) is 9.10. The van der Waals surface area contributed by atoms with E-state index in [0.29, 0.717) is 21.7 Å². The van der Waals surface area contributed by atoms with Crippen molar-refractivity contribution in [2.45, 2.75) is 73.3 Å². The van der Waals surface area contributed by atoms with Gasteiger partial charge in [0.1, 0.15) is 0 Å². The van der Waals surface area contributed by atoms with E-state index in [4.69, 9.17) is 29.1 Å². The zero-order valence-corrected chi connectivity index (χ0v) is 18.9. The van der Waals surface area contributed by atoms with Gasteiger partial charge in [-0.3, -0.25) is 0 Å². The average molecular weight is 495 g/mol. The van der Waals surface area contributed by atoms with Crippen LogP contribution in [0, 0.1) is 0 Å². The molecule has 27 heavy (non-hydrogen) atoms. The zero-order valence-electron chi connectivity index (χ0n) is 16.1. The molecule has 8 N–H and O–H groups in total. The molecule has 0 aliphatic carbocycles. The summed E-state index contributed by atoms with van der Waals surface area (Å²) in [5.74, 6) is -3.09. The fraction of sp³-hybridized carbons (Fsp3) is 0.750. The van der Waals surface area contributed by atoms with Crippen LogP contribution >= 0.6 is 0 Å². The second kappa shape index (κ2) is 12.9. The van der Waals surface area contributed by atoms with Crippen molar-refractivity contribution < 1.29 is 25.3 Å². The zero-order chi connectivity index (χ0) is 21.0. The predicted octanol–water partition coefficient (Wildman–Crippen LogP) is -0.479. The summed E-state index contributed by atoms with van der Waals surface area (Å²) in [4.78, 5) is 46.7. The van der Waals surface area contributed by atoms with Gasteiger partial charge < -0.3 is 0 Å². The van der Waals surface area contributed by atoms with E-state index in [1.807, 2.05) is 13.8 Å². The van der Waals surface area contributed by atoms with E-state index in [2.05, 4.69) is 0 Å². The van der Waals surface area contributed by atoms with Gasteiger partial charge in [-0.05, 0) is 0 Å². The third kappa shape index (κ3) is 10.5. The molecule has 2 amide bonds. The van der Waals surface area contributed by atoms with Gasteiger partial charge in [-0.15, -0.1) is 0 Å². The Morgan fingerprint density at radius 2 is 1.11 bits per heavy atom. The third-order valence-electron chi connectivity index (χ3n) is 3.84. The number of primary amides is 2. The van der Waals surface area contributed by atoms with Gasteiger partial charge in [0, 0.05) is 0 Å². The van der Waals surface area contributed by atoms with E-state index < -0.39 is 55.0 Å². The first kappa shape index (κ1) is 25.6. The maximum absolute atomic E-state index is 12.4. The molecule has 0 radical (unpaired) electrons. The summed E-state index contributed by atoms with van der Waals surface area (Å²) in [5.41, 5.74) is 21.5. The van der Waals surface area contributed by atoms with Crippen LogP contribution in [-0.4, -0.2) is 55.0 Å². The second-order valence-corrected chi connectivity index (χ2v) is 15.7. The van der Waals surface area contributed by atoms with Gasteiger partial charge in [0.25, 0.3) is 0 Å². The van der Waals surface area contributed by atoms with E-state index >= 15 is 0 Å². The number of rotatable bonds is 14. The number of hydrogen-bond acceptors (Lipinski definition) is 8. The minimum atomic E-state index is -4.26. The minimum absolute atomic E-state index is 0.364. The predicted molar refractivity (Wildman–Crippen MR) is 101 cm³/mol. The molecule has 0 saturated carbocycles. The first-order valence-corrected chi connectivity index (χ1v) is 15.5. The molecule has 0 rings (SSSR count). The van der Waals surface area contributed by atoms with Gasteiger partial charge in [0.05, 0.1) is 0 Å².